The summed E-state index contributed by atoms with van der Waals surface area (Å²) in [5.74, 6) is -0.0366. The second kappa shape index (κ2) is 6.93. The van der Waals surface area contributed by atoms with E-state index in [1.165, 1.54) is 17.8 Å². The van der Waals surface area contributed by atoms with Crippen LogP contribution in [0.5, 0.6) is 0 Å². The zero-order valence-electron chi connectivity index (χ0n) is 13.9. The highest BCUT2D eigenvalue weighted by Crippen LogP contribution is 2.41. The van der Waals surface area contributed by atoms with Crippen molar-refractivity contribution in [1.29, 1.82) is 0 Å². The van der Waals surface area contributed by atoms with Crippen molar-refractivity contribution < 1.29 is 14.5 Å². The molecule has 0 amide bonds. The van der Waals surface area contributed by atoms with Gasteiger partial charge in [-0.1, -0.05) is 30.0 Å². The Kier molecular flexibility index (Phi) is 4.48. The molecule has 7 heteroatoms. The average Bonchev–Trinajstić information content (AvgIpc) is 2.98. The van der Waals surface area contributed by atoms with Crippen molar-refractivity contribution in [1.82, 2.24) is 0 Å². The zero-order valence-corrected chi connectivity index (χ0v) is 14.7. The van der Waals surface area contributed by atoms with Crippen molar-refractivity contribution in [3.05, 3.63) is 68.6 Å². The number of allylic oxidation sites excluding steroid dienone is 1. The van der Waals surface area contributed by atoms with Crippen LogP contribution >= 0.6 is 11.8 Å². The molecule has 1 fully saturated rings. The summed E-state index contributed by atoms with van der Waals surface area (Å²) < 4.78 is 5.32. The number of hydrogen-bond donors (Lipinski definition) is 0. The molecule has 26 heavy (non-hydrogen) atoms. The predicted octanol–water partition coefficient (Wildman–Crippen LogP) is 3.76. The number of ketones is 1. The van der Waals surface area contributed by atoms with E-state index < -0.39 is 0 Å². The van der Waals surface area contributed by atoms with Crippen molar-refractivity contribution in [3.8, 4) is 0 Å². The van der Waals surface area contributed by atoms with Gasteiger partial charge in [0, 0.05) is 29.6 Å². The summed E-state index contributed by atoms with van der Waals surface area (Å²) in [6.07, 6.45) is 1.73. The molecule has 0 unspecified atom stereocenters. The number of ether oxygens (including phenoxy) is 1. The molecule has 1 saturated heterocycles. The molecule has 0 N–H and O–H groups in total. The third-order valence-electron chi connectivity index (χ3n) is 4.42. The Balaban J connectivity index is 1.67. The van der Waals surface area contributed by atoms with Gasteiger partial charge in [0.1, 0.15) is 5.69 Å². The lowest BCUT2D eigenvalue weighted by molar-refractivity contribution is -0.384. The Morgan fingerprint density at radius 1 is 1.15 bits per heavy atom. The van der Waals surface area contributed by atoms with Crippen LogP contribution in [-0.2, 0) is 4.74 Å². The third kappa shape index (κ3) is 3.11. The molecule has 0 aromatic heterocycles. The molecule has 2 aromatic carbocycles. The Morgan fingerprint density at radius 3 is 2.65 bits per heavy atom. The Labute approximate surface area is 154 Å². The summed E-state index contributed by atoms with van der Waals surface area (Å²) in [5.41, 5.74) is 1.98. The first kappa shape index (κ1) is 16.8. The number of carbonyl (C=O) groups excluding carboxylic acids is 1. The molecule has 6 nitrogen and oxygen atoms in total. The number of nitrogens with zero attached hydrogens (tertiary/aromatic N) is 2. The molecule has 4 rings (SSSR count). The van der Waals surface area contributed by atoms with Crippen molar-refractivity contribution in [2.75, 3.05) is 31.2 Å². The number of nitro benzene ring substituents is 1. The van der Waals surface area contributed by atoms with E-state index >= 15 is 0 Å². The third-order valence-corrected chi connectivity index (χ3v) is 5.52. The van der Waals surface area contributed by atoms with Gasteiger partial charge < -0.3 is 9.64 Å². The monoisotopic (exact) mass is 368 g/mol. The number of fused-ring (bicyclic) bond motifs is 1. The summed E-state index contributed by atoms with van der Waals surface area (Å²) in [4.78, 5) is 27.1. The number of Topliss-reactive ketones (excluding diaryl/α,β-unsaturated/α-hetero) is 1. The van der Waals surface area contributed by atoms with E-state index in [0.717, 1.165) is 4.90 Å². The minimum absolute atomic E-state index is 0.0366. The molecule has 0 bridgehead atoms. The Bertz CT molecular complexity index is 920. The van der Waals surface area contributed by atoms with Gasteiger partial charge in [-0.05, 0) is 29.8 Å². The molecular formula is C19H16N2O4S. The number of rotatable bonds is 3. The molecule has 0 spiro atoms. The summed E-state index contributed by atoms with van der Waals surface area (Å²) in [5, 5.41) is 11.6. The molecule has 0 radical (unpaired) electrons. The Hall–Kier alpha value is -2.64. The topological polar surface area (TPSA) is 72.7 Å². The number of benzene rings is 2. The number of carbonyl (C=O) groups is 1. The van der Waals surface area contributed by atoms with E-state index in [-0.39, 0.29) is 16.4 Å². The highest BCUT2D eigenvalue weighted by molar-refractivity contribution is 8.04. The maximum absolute atomic E-state index is 12.5. The van der Waals surface area contributed by atoms with E-state index in [4.69, 9.17) is 4.74 Å². The van der Waals surface area contributed by atoms with Crippen LogP contribution in [0.4, 0.5) is 11.4 Å². The zero-order chi connectivity index (χ0) is 18.1. The van der Waals surface area contributed by atoms with Crippen LogP contribution < -0.4 is 4.90 Å². The van der Waals surface area contributed by atoms with E-state index in [1.54, 1.807) is 18.2 Å². The lowest BCUT2D eigenvalue weighted by atomic mass is 10.1. The van der Waals surface area contributed by atoms with E-state index in [0.29, 0.717) is 48.0 Å². The van der Waals surface area contributed by atoms with Crippen molar-refractivity contribution in [2.24, 2.45) is 0 Å². The quantitative estimate of drug-likeness (QED) is 0.467. The van der Waals surface area contributed by atoms with E-state index in [2.05, 4.69) is 0 Å². The van der Waals surface area contributed by atoms with Gasteiger partial charge in [0.2, 0.25) is 5.78 Å². The fourth-order valence-corrected chi connectivity index (χ4v) is 4.19. The minimum Gasteiger partial charge on any atom is -0.378 e. The Morgan fingerprint density at radius 2 is 1.92 bits per heavy atom. The molecular weight excluding hydrogens is 352 g/mol. The molecule has 2 aliphatic rings. The van der Waals surface area contributed by atoms with Gasteiger partial charge in [0.25, 0.3) is 5.69 Å². The van der Waals surface area contributed by atoms with Crippen LogP contribution in [0.15, 0.2) is 52.3 Å². The maximum atomic E-state index is 12.5. The number of nitro groups is 1. The first-order valence-corrected chi connectivity index (χ1v) is 9.09. The van der Waals surface area contributed by atoms with E-state index in [1.807, 2.05) is 29.2 Å². The molecule has 132 valence electrons. The molecule has 2 aliphatic heterocycles. The second-order valence-electron chi connectivity index (χ2n) is 6.04. The van der Waals surface area contributed by atoms with Crippen LogP contribution in [0.2, 0.25) is 0 Å². The highest BCUT2D eigenvalue weighted by atomic mass is 32.2. The van der Waals surface area contributed by atoms with Gasteiger partial charge in [-0.2, -0.15) is 0 Å². The summed E-state index contributed by atoms with van der Waals surface area (Å²) >= 11 is 1.40. The number of morpholine rings is 1. The largest absolute Gasteiger partial charge is 0.378 e. The SMILES string of the molecule is O=C1C(=Cc2ccc(N3CCOCC3)c([N+](=O)[O-])c2)Sc2ccccc21. The van der Waals surface area contributed by atoms with Crippen LogP contribution in [0.1, 0.15) is 15.9 Å². The van der Waals surface area contributed by atoms with Gasteiger partial charge in [-0.15, -0.1) is 0 Å². The lowest BCUT2D eigenvalue weighted by Gasteiger charge is -2.28. The molecule has 2 aromatic rings. The first-order chi connectivity index (χ1) is 12.6. The molecule has 0 atom stereocenters. The van der Waals surface area contributed by atoms with Gasteiger partial charge in [-0.25, -0.2) is 0 Å². The normalized spacial score (nSPS) is 18.2. The fourth-order valence-electron chi connectivity index (χ4n) is 3.14. The van der Waals surface area contributed by atoms with Gasteiger partial charge in [-0.3, -0.25) is 14.9 Å². The summed E-state index contributed by atoms with van der Waals surface area (Å²) in [6.45, 7) is 2.38. The predicted molar refractivity (Wildman–Crippen MR) is 101 cm³/mol. The highest BCUT2D eigenvalue weighted by Gasteiger charge is 2.26. The second-order valence-corrected chi connectivity index (χ2v) is 7.12. The maximum Gasteiger partial charge on any atom is 0.293 e. The molecule has 0 saturated carbocycles. The van der Waals surface area contributed by atoms with Gasteiger partial charge >= 0.3 is 0 Å². The number of anilines is 1. The molecule has 0 aliphatic carbocycles. The first-order valence-electron chi connectivity index (χ1n) is 8.28. The van der Waals surface area contributed by atoms with Gasteiger partial charge in [0.15, 0.2) is 0 Å². The lowest BCUT2D eigenvalue weighted by Crippen LogP contribution is -2.36. The van der Waals surface area contributed by atoms with E-state index in [9.17, 15) is 14.9 Å². The smallest absolute Gasteiger partial charge is 0.293 e. The van der Waals surface area contributed by atoms with Crippen LogP contribution in [-0.4, -0.2) is 37.0 Å². The average molecular weight is 368 g/mol. The number of hydrogen-bond acceptors (Lipinski definition) is 6. The minimum atomic E-state index is -0.370. The van der Waals surface area contributed by atoms with Crippen molar-refractivity contribution >= 4 is 35.0 Å². The standard InChI is InChI=1S/C19H16N2O4S/c22-19-14-3-1-2-4-17(14)26-18(19)12-13-5-6-15(16(11-13)21(23)24)20-7-9-25-10-8-20/h1-6,11-12H,7-10H2. The van der Waals surface area contributed by atoms with Gasteiger partial charge in [0.05, 0.1) is 23.0 Å². The summed E-state index contributed by atoms with van der Waals surface area (Å²) in [6, 6.07) is 12.5. The summed E-state index contributed by atoms with van der Waals surface area (Å²) in [7, 11) is 0. The molecule has 2 heterocycles. The fraction of sp³-hybridized carbons (Fsp3) is 0.211. The van der Waals surface area contributed by atoms with Crippen LogP contribution in [0.25, 0.3) is 6.08 Å². The number of thioether (sulfide) groups is 1. The van der Waals surface area contributed by atoms with Crippen LogP contribution in [0.3, 0.4) is 0 Å². The van der Waals surface area contributed by atoms with Crippen LogP contribution in [0, 0.1) is 10.1 Å². The van der Waals surface area contributed by atoms with Crippen molar-refractivity contribution in [2.45, 2.75) is 4.90 Å². The van der Waals surface area contributed by atoms with Crippen molar-refractivity contribution in [3.63, 3.8) is 0 Å².